The standard InChI is InChI=1S/C16H16BrNO/c1-10-5-4-6-11(2)15(10)18-16(19)13-7-8-14(17)12(3)9-13/h4-9H,1-3H3,(H,18,19). The highest BCUT2D eigenvalue weighted by Gasteiger charge is 2.10. The van der Waals surface area contributed by atoms with Gasteiger partial charge in [-0.15, -0.1) is 0 Å². The van der Waals surface area contributed by atoms with Crippen LogP contribution in [0.1, 0.15) is 27.0 Å². The molecule has 0 unspecified atom stereocenters. The number of hydrogen-bond donors (Lipinski definition) is 1. The molecule has 0 saturated heterocycles. The lowest BCUT2D eigenvalue weighted by molar-refractivity contribution is 0.102. The van der Waals surface area contributed by atoms with Gasteiger partial charge in [-0.2, -0.15) is 0 Å². The van der Waals surface area contributed by atoms with E-state index in [1.807, 2.05) is 57.2 Å². The third kappa shape index (κ3) is 3.04. The van der Waals surface area contributed by atoms with Crippen LogP contribution in [-0.4, -0.2) is 5.91 Å². The van der Waals surface area contributed by atoms with Gasteiger partial charge in [0.05, 0.1) is 0 Å². The van der Waals surface area contributed by atoms with Gasteiger partial charge in [0.1, 0.15) is 0 Å². The van der Waals surface area contributed by atoms with E-state index in [0.717, 1.165) is 26.9 Å². The molecule has 2 aromatic carbocycles. The van der Waals surface area contributed by atoms with Gasteiger partial charge in [0.15, 0.2) is 0 Å². The van der Waals surface area contributed by atoms with Crippen molar-refractivity contribution in [3.8, 4) is 0 Å². The number of nitrogens with one attached hydrogen (secondary N) is 1. The summed E-state index contributed by atoms with van der Waals surface area (Å²) in [6.07, 6.45) is 0. The van der Waals surface area contributed by atoms with E-state index in [-0.39, 0.29) is 5.91 Å². The number of benzene rings is 2. The summed E-state index contributed by atoms with van der Waals surface area (Å²) in [5.41, 5.74) is 4.76. The summed E-state index contributed by atoms with van der Waals surface area (Å²) in [5.74, 6) is -0.0759. The molecule has 0 heterocycles. The number of halogens is 1. The van der Waals surface area contributed by atoms with Crippen LogP contribution in [0.5, 0.6) is 0 Å². The maximum atomic E-state index is 12.3. The van der Waals surface area contributed by atoms with Gasteiger partial charge in [0.25, 0.3) is 5.91 Å². The molecule has 0 aliphatic rings. The molecule has 1 amide bonds. The average Bonchev–Trinajstić information content (AvgIpc) is 2.37. The number of carbonyl (C=O) groups excluding carboxylic acids is 1. The molecule has 0 atom stereocenters. The average molecular weight is 318 g/mol. The summed E-state index contributed by atoms with van der Waals surface area (Å²) in [5, 5.41) is 2.99. The maximum absolute atomic E-state index is 12.3. The predicted molar refractivity (Wildman–Crippen MR) is 82.7 cm³/mol. The first-order valence-corrected chi connectivity index (χ1v) is 6.92. The summed E-state index contributed by atoms with van der Waals surface area (Å²) >= 11 is 3.44. The first-order chi connectivity index (χ1) is 8.99. The van der Waals surface area contributed by atoms with Crippen molar-refractivity contribution in [3.63, 3.8) is 0 Å². The Labute approximate surface area is 122 Å². The van der Waals surface area contributed by atoms with E-state index < -0.39 is 0 Å². The molecule has 2 nitrogen and oxygen atoms in total. The number of amides is 1. The molecule has 0 aliphatic heterocycles. The second-order valence-corrected chi connectivity index (χ2v) is 5.54. The Bertz CT molecular complexity index is 614. The van der Waals surface area contributed by atoms with Crippen molar-refractivity contribution < 1.29 is 4.79 Å². The van der Waals surface area contributed by atoms with Crippen LogP contribution in [0, 0.1) is 20.8 Å². The third-order valence-electron chi connectivity index (χ3n) is 3.14. The van der Waals surface area contributed by atoms with Crippen molar-refractivity contribution in [1.29, 1.82) is 0 Å². The molecule has 0 radical (unpaired) electrons. The fraction of sp³-hybridized carbons (Fsp3) is 0.188. The molecule has 19 heavy (non-hydrogen) atoms. The van der Waals surface area contributed by atoms with E-state index in [9.17, 15) is 4.79 Å². The van der Waals surface area contributed by atoms with Crippen LogP contribution in [0.2, 0.25) is 0 Å². The lowest BCUT2D eigenvalue weighted by Crippen LogP contribution is -2.13. The van der Waals surface area contributed by atoms with Gasteiger partial charge in [0, 0.05) is 15.7 Å². The summed E-state index contributed by atoms with van der Waals surface area (Å²) < 4.78 is 1.01. The number of para-hydroxylation sites is 1. The zero-order valence-corrected chi connectivity index (χ0v) is 12.8. The lowest BCUT2D eigenvalue weighted by Gasteiger charge is -2.12. The van der Waals surface area contributed by atoms with Gasteiger partial charge in [-0.05, 0) is 55.7 Å². The SMILES string of the molecule is Cc1cc(C(=O)Nc2c(C)cccc2C)ccc1Br. The molecular formula is C16H16BrNO. The van der Waals surface area contributed by atoms with Crippen molar-refractivity contribution in [2.75, 3.05) is 5.32 Å². The fourth-order valence-corrected chi connectivity index (χ4v) is 2.23. The van der Waals surface area contributed by atoms with Gasteiger partial charge in [0.2, 0.25) is 0 Å². The lowest BCUT2D eigenvalue weighted by atomic mass is 10.1. The third-order valence-corrected chi connectivity index (χ3v) is 4.03. The van der Waals surface area contributed by atoms with Gasteiger partial charge >= 0.3 is 0 Å². The van der Waals surface area contributed by atoms with Crippen LogP contribution in [0.3, 0.4) is 0 Å². The first-order valence-electron chi connectivity index (χ1n) is 6.13. The largest absolute Gasteiger partial charge is 0.322 e. The number of aryl methyl sites for hydroxylation is 3. The van der Waals surface area contributed by atoms with Crippen molar-refractivity contribution in [1.82, 2.24) is 0 Å². The van der Waals surface area contributed by atoms with Gasteiger partial charge in [-0.1, -0.05) is 34.1 Å². The Balaban J connectivity index is 2.28. The smallest absolute Gasteiger partial charge is 0.255 e. The molecule has 0 saturated carbocycles. The zero-order chi connectivity index (χ0) is 14.0. The van der Waals surface area contributed by atoms with Crippen LogP contribution < -0.4 is 5.32 Å². The van der Waals surface area contributed by atoms with Gasteiger partial charge in [-0.25, -0.2) is 0 Å². The van der Waals surface area contributed by atoms with E-state index in [2.05, 4.69) is 21.2 Å². The van der Waals surface area contributed by atoms with Crippen molar-refractivity contribution >= 4 is 27.5 Å². The molecule has 0 fully saturated rings. The minimum atomic E-state index is -0.0759. The van der Waals surface area contributed by atoms with Crippen LogP contribution in [0.4, 0.5) is 5.69 Å². The molecule has 0 bridgehead atoms. The highest BCUT2D eigenvalue weighted by atomic mass is 79.9. The Hall–Kier alpha value is -1.61. The summed E-state index contributed by atoms with van der Waals surface area (Å²) in [4.78, 5) is 12.3. The Kier molecular flexibility index (Phi) is 4.05. The zero-order valence-electron chi connectivity index (χ0n) is 11.3. The predicted octanol–water partition coefficient (Wildman–Crippen LogP) is 4.63. The molecule has 0 spiro atoms. The molecule has 0 aliphatic carbocycles. The highest BCUT2D eigenvalue weighted by molar-refractivity contribution is 9.10. The summed E-state index contributed by atoms with van der Waals surface area (Å²) in [6, 6.07) is 11.6. The number of carbonyl (C=O) groups is 1. The Morgan fingerprint density at radius 2 is 1.63 bits per heavy atom. The minimum Gasteiger partial charge on any atom is -0.322 e. The molecule has 3 heteroatoms. The normalized spacial score (nSPS) is 10.3. The summed E-state index contributed by atoms with van der Waals surface area (Å²) in [7, 11) is 0. The van der Waals surface area contributed by atoms with Crippen LogP contribution in [0.25, 0.3) is 0 Å². The summed E-state index contributed by atoms with van der Waals surface area (Å²) in [6.45, 7) is 5.96. The maximum Gasteiger partial charge on any atom is 0.255 e. The molecule has 2 rings (SSSR count). The van der Waals surface area contributed by atoms with Crippen LogP contribution in [0.15, 0.2) is 40.9 Å². The molecule has 98 valence electrons. The van der Waals surface area contributed by atoms with Crippen molar-refractivity contribution in [2.24, 2.45) is 0 Å². The Morgan fingerprint density at radius 3 is 2.21 bits per heavy atom. The molecule has 0 aromatic heterocycles. The number of rotatable bonds is 2. The van der Waals surface area contributed by atoms with E-state index in [1.165, 1.54) is 0 Å². The second-order valence-electron chi connectivity index (χ2n) is 4.68. The van der Waals surface area contributed by atoms with Crippen LogP contribution in [-0.2, 0) is 0 Å². The number of anilines is 1. The van der Waals surface area contributed by atoms with E-state index in [4.69, 9.17) is 0 Å². The van der Waals surface area contributed by atoms with E-state index in [1.54, 1.807) is 0 Å². The molecular weight excluding hydrogens is 302 g/mol. The topological polar surface area (TPSA) is 29.1 Å². The van der Waals surface area contributed by atoms with Gasteiger partial charge < -0.3 is 5.32 Å². The number of hydrogen-bond acceptors (Lipinski definition) is 1. The monoisotopic (exact) mass is 317 g/mol. The highest BCUT2D eigenvalue weighted by Crippen LogP contribution is 2.22. The minimum absolute atomic E-state index is 0.0759. The molecule has 1 N–H and O–H groups in total. The van der Waals surface area contributed by atoms with Crippen LogP contribution >= 0.6 is 15.9 Å². The van der Waals surface area contributed by atoms with Crippen molar-refractivity contribution in [2.45, 2.75) is 20.8 Å². The van der Waals surface area contributed by atoms with E-state index in [0.29, 0.717) is 5.56 Å². The molecule has 2 aromatic rings. The quantitative estimate of drug-likeness (QED) is 0.859. The second kappa shape index (κ2) is 5.57. The van der Waals surface area contributed by atoms with E-state index >= 15 is 0 Å². The van der Waals surface area contributed by atoms with Gasteiger partial charge in [-0.3, -0.25) is 4.79 Å². The first kappa shape index (κ1) is 13.8. The fourth-order valence-electron chi connectivity index (χ4n) is 1.98. The Morgan fingerprint density at radius 1 is 1.00 bits per heavy atom. The van der Waals surface area contributed by atoms with Crippen molar-refractivity contribution in [3.05, 3.63) is 63.1 Å².